The third kappa shape index (κ3) is 3.06. The predicted molar refractivity (Wildman–Crippen MR) is 108 cm³/mol. The second kappa shape index (κ2) is 7.32. The Balaban J connectivity index is 1.78. The fourth-order valence-corrected chi connectivity index (χ4v) is 3.70. The molecular weight excluding hydrogens is 378 g/mol. The first kappa shape index (κ1) is 18.6. The molecule has 144 valence electrons. The number of hydrogen-bond donors (Lipinski definition) is 0. The number of carbonyl (C=O) groups excluding carboxylic acids is 1. The summed E-state index contributed by atoms with van der Waals surface area (Å²) in [6.07, 6.45) is 2.06. The molecule has 1 aliphatic rings. The SMILES string of the molecule is CCCCOc1ccc(C2c3c(oc4ccc(Cl)cc4c3=O)C(=O)N2C)cc1. The molecule has 5 nitrogen and oxygen atoms in total. The van der Waals surface area contributed by atoms with E-state index >= 15 is 0 Å². The zero-order valence-electron chi connectivity index (χ0n) is 15.7. The second-order valence-electron chi connectivity index (χ2n) is 6.90. The van der Waals surface area contributed by atoms with E-state index in [1.807, 2.05) is 24.3 Å². The molecule has 1 aromatic heterocycles. The van der Waals surface area contributed by atoms with Gasteiger partial charge in [-0.3, -0.25) is 9.59 Å². The summed E-state index contributed by atoms with van der Waals surface area (Å²) in [6.45, 7) is 2.77. The molecule has 1 atom stereocenters. The van der Waals surface area contributed by atoms with Gasteiger partial charge in [0.1, 0.15) is 11.3 Å². The van der Waals surface area contributed by atoms with Crippen molar-refractivity contribution < 1.29 is 13.9 Å². The van der Waals surface area contributed by atoms with Gasteiger partial charge in [0.2, 0.25) is 5.76 Å². The van der Waals surface area contributed by atoms with Gasteiger partial charge in [0, 0.05) is 12.1 Å². The van der Waals surface area contributed by atoms with E-state index in [0.29, 0.717) is 28.2 Å². The Morgan fingerprint density at radius 1 is 1.14 bits per heavy atom. The van der Waals surface area contributed by atoms with Crippen LogP contribution in [-0.2, 0) is 0 Å². The first-order valence-electron chi connectivity index (χ1n) is 9.27. The number of carbonyl (C=O) groups is 1. The number of ether oxygens (including phenoxy) is 1. The molecule has 1 aliphatic heterocycles. The van der Waals surface area contributed by atoms with Crippen LogP contribution in [0.15, 0.2) is 51.7 Å². The minimum absolute atomic E-state index is 0.0931. The van der Waals surface area contributed by atoms with Gasteiger partial charge in [-0.15, -0.1) is 0 Å². The van der Waals surface area contributed by atoms with E-state index in [2.05, 4.69) is 6.92 Å². The van der Waals surface area contributed by atoms with Crippen LogP contribution in [0.3, 0.4) is 0 Å². The van der Waals surface area contributed by atoms with Crippen molar-refractivity contribution in [2.24, 2.45) is 0 Å². The summed E-state index contributed by atoms with van der Waals surface area (Å²) in [7, 11) is 1.67. The fourth-order valence-electron chi connectivity index (χ4n) is 3.53. The molecule has 0 saturated heterocycles. The van der Waals surface area contributed by atoms with E-state index in [-0.39, 0.29) is 17.1 Å². The summed E-state index contributed by atoms with van der Waals surface area (Å²) in [5.74, 6) is 0.551. The molecule has 0 spiro atoms. The number of halogens is 1. The summed E-state index contributed by atoms with van der Waals surface area (Å²) in [6, 6.07) is 11.8. The van der Waals surface area contributed by atoms with Crippen LogP contribution in [0.2, 0.25) is 5.02 Å². The van der Waals surface area contributed by atoms with Gasteiger partial charge in [-0.1, -0.05) is 37.1 Å². The molecule has 0 saturated carbocycles. The number of benzene rings is 2. The fraction of sp³-hybridized carbons (Fsp3) is 0.273. The second-order valence-corrected chi connectivity index (χ2v) is 7.34. The molecule has 4 rings (SSSR count). The van der Waals surface area contributed by atoms with E-state index in [9.17, 15) is 9.59 Å². The highest BCUT2D eigenvalue weighted by Gasteiger charge is 2.40. The summed E-state index contributed by atoms with van der Waals surface area (Å²) in [4.78, 5) is 27.4. The van der Waals surface area contributed by atoms with Crippen molar-refractivity contribution in [1.29, 1.82) is 0 Å². The molecule has 0 aliphatic carbocycles. The largest absolute Gasteiger partial charge is 0.494 e. The van der Waals surface area contributed by atoms with Gasteiger partial charge in [-0.2, -0.15) is 0 Å². The van der Waals surface area contributed by atoms with Crippen molar-refractivity contribution in [2.45, 2.75) is 25.8 Å². The Morgan fingerprint density at radius 2 is 1.89 bits per heavy atom. The van der Waals surface area contributed by atoms with Crippen molar-refractivity contribution in [3.8, 4) is 5.75 Å². The minimum atomic E-state index is -0.508. The lowest BCUT2D eigenvalue weighted by molar-refractivity contribution is 0.0771. The van der Waals surface area contributed by atoms with Gasteiger partial charge in [0.05, 0.1) is 23.6 Å². The Bertz CT molecular complexity index is 1100. The molecule has 0 bridgehead atoms. The summed E-state index contributed by atoms with van der Waals surface area (Å²) in [5, 5.41) is 0.821. The molecule has 0 radical (unpaired) electrons. The van der Waals surface area contributed by atoms with Crippen molar-refractivity contribution in [1.82, 2.24) is 4.90 Å². The van der Waals surface area contributed by atoms with Crippen LogP contribution in [0.4, 0.5) is 0 Å². The van der Waals surface area contributed by atoms with Gasteiger partial charge in [-0.05, 0) is 42.3 Å². The van der Waals surface area contributed by atoms with Crippen LogP contribution < -0.4 is 10.2 Å². The lowest BCUT2D eigenvalue weighted by atomic mass is 9.98. The lowest BCUT2D eigenvalue weighted by Gasteiger charge is -2.20. The Kier molecular flexibility index (Phi) is 4.85. The third-order valence-electron chi connectivity index (χ3n) is 5.03. The Labute approximate surface area is 167 Å². The highest BCUT2D eigenvalue weighted by Crippen LogP contribution is 2.37. The molecule has 6 heteroatoms. The summed E-state index contributed by atoms with van der Waals surface area (Å²) < 4.78 is 11.5. The van der Waals surface area contributed by atoms with Crippen LogP contribution >= 0.6 is 11.6 Å². The number of hydrogen-bond acceptors (Lipinski definition) is 4. The Hall–Kier alpha value is -2.79. The molecule has 2 heterocycles. The smallest absolute Gasteiger partial charge is 0.290 e. The van der Waals surface area contributed by atoms with Gasteiger partial charge < -0.3 is 14.1 Å². The van der Waals surface area contributed by atoms with Crippen molar-refractivity contribution in [3.05, 3.63) is 74.6 Å². The number of fused-ring (bicyclic) bond motifs is 2. The van der Waals surface area contributed by atoms with Gasteiger partial charge in [0.15, 0.2) is 5.43 Å². The zero-order chi connectivity index (χ0) is 19.8. The van der Waals surface area contributed by atoms with E-state index in [1.54, 1.807) is 25.2 Å². The average Bonchev–Trinajstić information content (AvgIpc) is 2.95. The van der Waals surface area contributed by atoms with Crippen molar-refractivity contribution in [2.75, 3.05) is 13.7 Å². The minimum Gasteiger partial charge on any atom is -0.494 e. The van der Waals surface area contributed by atoms with Crippen LogP contribution in [0.5, 0.6) is 5.75 Å². The highest BCUT2D eigenvalue weighted by atomic mass is 35.5. The van der Waals surface area contributed by atoms with Gasteiger partial charge in [-0.25, -0.2) is 0 Å². The molecule has 28 heavy (non-hydrogen) atoms. The molecule has 3 aromatic rings. The monoisotopic (exact) mass is 397 g/mol. The maximum absolute atomic E-state index is 13.2. The molecule has 0 fully saturated rings. The van der Waals surface area contributed by atoms with Crippen LogP contribution in [0.25, 0.3) is 11.0 Å². The van der Waals surface area contributed by atoms with Crippen LogP contribution in [0, 0.1) is 0 Å². The first-order chi connectivity index (χ1) is 13.5. The molecule has 0 N–H and O–H groups in total. The van der Waals surface area contributed by atoms with Crippen molar-refractivity contribution in [3.63, 3.8) is 0 Å². The average molecular weight is 398 g/mol. The quantitative estimate of drug-likeness (QED) is 0.580. The van der Waals surface area contributed by atoms with E-state index < -0.39 is 6.04 Å². The zero-order valence-corrected chi connectivity index (χ0v) is 16.5. The number of nitrogens with zero attached hydrogens (tertiary/aromatic N) is 1. The number of unbranched alkanes of at least 4 members (excludes halogenated alkanes) is 1. The third-order valence-corrected chi connectivity index (χ3v) is 5.26. The van der Waals surface area contributed by atoms with E-state index in [0.717, 1.165) is 24.2 Å². The maximum Gasteiger partial charge on any atom is 0.290 e. The van der Waals surface area contributed by atoms with Crippen molar-refractivity contribution >= 4 is 28.5 Å². The normalized spacial score (nSPS) is 15.9. The summed E-state index contributed by atoms with van der Waals surface area (Å²) >= 11 is 6.05. The molecular formula is C22H20ClNO4. The van der Waals surface area contributed by atoms with E-state index in [4.69, 9.17) is 20.8 Å². The predicted octanol–water partition coefficient (Wildman–Crippen LogP) is 4.80. The van der Waals surface area contributed by atoms with E-state index in [1.165, 1.54) is 4.90 Å². The molecule has 2 aromatic carbocycles. The molecule has 1 unspecified atom stereocenters. The topological polar surface area (TPSA) is 59.8 Å². The standard InChI is InChI=1S/C22H20ClNO4/c1-3-4-11-27-15-8-5-13(6-9-15)19-18-20(25)16-12-14(23)7-10-17(16)28-21(18)22(26)24(19)2/h5-10,12,19H,3-4,11H2,1-2H3. The maximum atomic E-state index is 13.2. The first-order valence-corrected chi connectivity index (χ1v) is 9.65. The Morgan fingerprint density at radius 3 is 2.61 bits per heavy atom. The van der Waals surface area contributed by atoms with Crippen LogP contribution in [-0.4, -0.2) is 24.5 Å². The highest BCUT2D eigenvalue weighted by molar-refractivity contribution is 6.31. The van der Waals surface area contributed by atoms with Crippen LogP contribution in [0.1, 0.15) is 47.5 Å². The van der Waals surface area contributed by atoms with Gasteiger partial charge in [0.25, 0.3) is 5.91 Å². The summed E-state index contributed by atoms with van der Waals surface area (Å²) in [5.41, 5.74) is 1.30. The lowest BCUT2D eigenvalue weighted by Crippen LogP contribution is -2.25. The van der Waals surface area contributed by atoms with Gasteiger partial charge >= 0.3 is 0 Å². The number of rotatable bonds is 5. The number of amides is 1. The molecule has 1 amide bonds.